The average molecular weight is 282 g/mol. The van der Waals surface area contributed by atoms with Crippen molar-refractivity contribution in [1.82, 2.24) is 4.90 Å². The molecular formula is C17H18N2O2. The molecule has 4 nitrogen and oxygen atoms in total. The van der Waals surface area contributed by atoms with E-state index in [4.69, 9.17) is 10.4 Å². The third-order valence-corrected chi connectivity index (χ3v) is 3.29. The summed E-state index contributed by atoms with van der Waals surface area (Å²) in [6.07, 6.45) is 2.83. The van der Waals surface area contributed by atoms with Crippen molar-refractivity contribution in [3.05, 3.63) is 35.4 Å². The Morgan fingerprint density at radius 1 is 1.38 bits per heavy atom. The van der Waals surface area contributed by atoms with Crippen LogP contribution in [0.2, 0.25) is 0 Å². The fourth-order valence-corrected chi connectivity index (χ4v) is 2.12. The van der Waals surface area contributed by atoms with E-state index in [2.05, 4.69) is 17.9 Å². The summed E-state index contributed by atoms with van der Waals surface area (Å²) < 4.78 is 0. The average Bonchev–Trinajstić information content (AvgIpc) is 3.33. The first-order valence-electron chi connectivity index (χ1n) is 7.14. The molecule has 1 amide bonds. The molecule has 0 aromatic heterocycles. The van der Waals surface area contributed by atoms with Crippen molar-refractivity contribution in [3.8, 4) is 17.9 Å². The van der Waals surface area contributed by atoms with E-state index >= 15 is 0 Å². The number of benzene rings is 1. The van der Waals surface area contributed by atoms with Gasteiger partial charge in [0, 0.05) is 30.1 Å². The summed E-state index contributed by atoms with van der Waals surface area (Å²) in [5.74, 6) is 5.75. The monoisotopic (exact) mass is 282 g/mol. The van der Waals surface area contributed by atoms with E-state index in [-0.39, 0.29) is 18.6 Å². The highest BCUT2D eigenvalue weighted by molar-refractivity contribution is 5.95. The molecule has 0 heterocycles. The van der Waals surface area contributed by atoms with Gasteiger partial charge in [0.1, 0.15) is 0 Å². The lowest BCUT2D eigenvalue weighted by Gasteiger charge is -2.21. The maximum Gasteiger partial charge on any atom is 0.254 e. The van der Waals surface area contributed by atoms with E-state index in [1.165, 1.54) is 0 Å². The first-order chi connectivity index (χ1) is 10.3. The lowest BCUT2D eigenvalue weighted by atomic mass is 10.1. The molecule has 1 fully saturated rings. The van der Waals surface area contributed by atoms with Crippen LogP contribution < -0.4 is 0 Å². The van der Waals surface area contributed by atoms with E-state index in [9.17, 15) is 4.79 Å². The molecule has 1 aliphatic rings. The third kappa shape index (κ3) is 4.34. The predicted octanol–water partition coefficient (Wildman–Crippen LogP) is 1.94. The highest BCUT2D eigenvalue weighted by Gasteiger charge is 2.32. The molecule has 1 N–H and O–H groups in total. The Labute approximate surface area is 125 Å². The second-order valence-electron chi connectivity index (χ2n) is 4.99. The number of aliphatic hydroxyl groups is 1. The maximum absolute atomic E-state index is 12.5. The molecule has 4 heteroatoms. The quantitative estimate of drug-likeness (QED) is 0.839. The van der Waals surface area contributed by atoms with Gasteiger partial charge < -0.3 is 10.0 Å². The molecule has 2 rings (SSSR count). The van der Waals surface area contributed by atoms with Gasteiger partial charge in [0.2, 0.25) is 0 Å². The Bertz CT molecular complexity index is 603. The van der Waals surface area contributed by atoms with Gasteiger partial charge in [-0.2, -0.15) is 5.26 Å². The number of rotatable bonds is 5. The molecule has 108 valence electrons. The third-order valence-electron chi connectivity index (χ3n) is 3.29. The molecule has 0 aliphatic heterocycles. The minimum atomic E-state index is -0.0291. The van der Waals surface area contributed by atoms with Gasteiger partial charge in [-0.25, -0.2) is 0 Å². The highest BCUT2D eigenvalue weighted by atomic mass is 16.2. The number of aliphatic hydroxyl groups excluding tert-OH is 1. The highest BCUT2D eigenvalue weighted by Crippen LogP contribution is 2.28. The van der Waals surface area contributed by atoms with Crippen LogP contribution in [0.15, 0.2) is 24.3 Å². The van der Waals surface area contributed by atoms with Crippen molar-refractivity contribution in [2.45, 2.75) is 31.7 Å². The summed E-state index contributed by atoms with van der Waals surface area (Å²) in [5.41, 5.74) is 1.38. The van der Waals surface area contributed by atoms with Crippen LogP contribution >= 0.6 is 0 Å². The number of carbonyl (C=O) groups excluding carboxylic acids is 1. The molecule has 0 unspecified atom stereocenters. The molecule has 0 atom stereocenters. The van der Waals surface area contributed by atoms with Crippen molar-refractivity contribution in [2.75, 3.05) is 13.2 Å². The smallest absolute Gasteiger partial charge is 0.254 e. The Morgan fingerprint density at radius 3 is 2.86 bits per heavy atom. The van der Waals surface area contributed by atoms with Crippen LogP contribution in [0.5, 0.6) is 0 Å². The second-order valence-corrected chi connectivity index (χ2v) is 4.99. The van der Waals surface area contributed by atoms with Gasteiger partial charge in [-0.1, -0.05) is 17.9 Å². The molecule has 1 aromatic carbocycles. The van der Waals surface area contributed by atoms with Crippen LogP contribution in [-0.2, 0) is 0 Å². The summed E-state index contributed by atoms with van der Waals surface area (Å²) in [6.45, 7) is 0.523. The van der Waals surface area contributed by atoms with E-state index < -0.39 is 0 Å². The number of carbonyl (C=O) groups is 1. The molecule has 1 saturated carbocycles. The fourth-order valence-electron chi connectivity index (χ4n) is 2.12. The van der Waals surface area contributed by atoms with Crippen molar-refractivity contribution in [2.24, 2.45) is 0 Å². The van der Waals surface area contributed by atoms with Gasteiger partial charge in [0.05, 0.1) is 19.1 Å². The van der Waals surface area contributed by atoms with Gasteiger partial charge in [0.15, 0.2) is 0 Å². The zero-order chi connectivity index (χ0) is 15.1. The largest absolute Gasteiger partial charge is 0.395 e. The normalized spacial score (nSPS) is 13.0. The van der Waals surface area contributed by atoms with Gasteiger partial charge in [0.25, 0.3) is 5.91 Å². The molecule has 0 bridgehead atoms. The fraction of sp³-hybridized carbons (Fsp3) is 0.412. The summed E-state index contributed by atoms with van der Waals surface area (Å²) in [4.78, 5) is 14.3. The topological polar surface area (TPSA) is 64.3 Å². The van der Waals surface area contributed by atoms with E-state index in [0.29, 0.717) is 24.9 Å². The van der Waals surface area contributed by atoms with Crippen molar-refractivity contribution < 1.29 is 9.90 Å². The number of amides is 1. The van der Waals surface area contributed by atoms with Crippen LogP contribution in [0, 0.1) is 23.2 Å². The summed E-state index contributed by atoms with van der Waals surface area (Å²) >= 11 is 0. The predicted molar refractivity (Wildman–Crippen MR) is 79.3 cm³/mol. The number of hydrogen-bond acceptors (Lipinski definition) is 3. The van der Waals surface area contributed by atoms with Crippen molar-refractivity contribution in [3.63, 3.8) is 0 Å². The van der Waals surface area contributed by atoms with Gasteiger partial charge in [-0.15, -0.1) is 0 Å². The van der Waals surface area contributed by atoms with Crippen molar-refractivity contribution >= 4 is 5.91 Å². The molecule has 0 radical (unpaired) electrons. The van der Waals surface area contributed by atoms with Crippen LogP contribution in [0.25, 0.3) is 0 Å². The molecule has 1 aliphatic carbocycles. The lowest BCUT2D eigenvalue weighted by molar-refractivity contribution is 0.0747. The summed E-state index contributed by atoms with van der Waals surface area (Å²) in [5, 5.41) is 17.4. The SMILES string of the molecule is N#CCCN(C(=O)c1cccc(C#CCCO)c1)C1CC1. The number of nitriles is 1. The minimum absolute atomic E-state index is 0.0291. The zero-order valence-corrected chi connectivity index (χ0v) is 11.9. The van der Waals surface area contributed by atoms with Crippen molar-refractivity contribution in [1.29, 1.82) is 5.26 Å². The standard InChI is InChI=1S/C17H18N2O2/c18-10-4-11-19(16-8-9-16)17(21)15-7-3-6-14(13-15)5-1-2-12-20/h3,6-7,13,16,20H,2,4,8-9,11-12H2. The van der Waals surface area contributed by atoms with Crippen LogP contribution in [-0.4, -0.2) is 35.1 Å². The van der Waals surface area contributed by atoms with Gasteiger partial charge >= 0.3 is 0 Å². The molecule has 1 aromatic rings. The lowest BCUT2D eigenvalue weighted by Crippen LogP contribution is -2.33. The second kappa shape index (κ2) is 7.47. The Balaban J connectivity index is 2.12. The van der Waals surface area contributed by atoms with Crippen LogP contribution in [0.3, 0.4) is 0 Å². The Morgan fingerprint density at radius 2 is 2.19 bits per heavy atom. The van der Waals surface area contributed by atoms with Gasteiger partial charge in [-0.05, 0) is 31.0 Å². The maximum atomic E-state index is 12.5. The molecule has 21 heavy (non-hydrogen) atoms. The van der Waals surface area contributed by atoms with Crippen LogP contribution in [0.4, 0.5) is 0 Å². The number of nitrogens with zero attached hydrogens (tertiary/aromatic N) is 2. The van der Waals surface area contributed by atoms with E-state index in [1.54, 1.807) is 17.0 Å². The summed E-state index contributed by atoms with van der Waals surface area (Å²) in [7, 11) is 0. The number of hydrogen-bond donors (Lipinski definition) is 1. The minimum Gasteiger partial charge on any atom is -0.395 e. The van der Waals surface area contributed by atoms with E-state index in [0.717, 1.165) is 18.4 Å². The molecular weight excluding hydrogens is 264 g/mol. The Hall–Kier alpha value is -2.30. The zero-order valence-electron chi connectivity index (χ0n) is 11.9. The Kier molecular flexibility index (Phi) is 5.37. The first-order valence-corrected chi connectivity index (χ1v) is 7.14. The summed E-state index contributed by atoms with van der Waals surface area (Å²) in [6, 6.07) is 9.59. The first kappa shape index (κ1) is 15.1. The van der Waals surface area contributed by atoms with Crippen LogP contribution in [0.1, 0.15) is 41.6 Å². The van der Waals surface area contributed by atoms with Gasteiger partial charge in [-0.3, -0.25) is 4.79 Å². The molecule has 0 spiro atoms. The molecule has 0 saturated heterocycles. The van der Waals surface area contributed by atoms with E-state index in [1.807, 2.05) is 12.1 Å².